The first-order valence-corrected chi connectivity index (χ1v) is 12.6. The number of carbonyl (C=O) groups is 1. The van der Waals surface area contributed by atoms with E-state index in [9.17, 15) is 4.79 Å². The molecule has 0 aliphatic carbocycles. The van der Waals surface area contributed by atoms with Crippen LogP contribution in [0.15, 0.2) is 28.4 Å². The average molecular weight is 484 g/mol. The number of aromatic nitrogens is 3. The minimum atomic E-state index is 0.0564. The van der Waals surface area contributed by atoms with Crippen molar-refractivity contribution in [3.05, 3.63) is 18.5 Å². The minimum absolute atomic E-state index is 0.0564. The summed E-state index contributed by atoms with van der Waals surface area (Å²) in [6.07, 6.45) is 6.84. The van der Waals surface area contributed by atoms with Gasteiger partial charge in [-0.3, -0.25) is 9.69 Å². The normalized spacial score (nSPS) is 27.6. The molecule has 3 saturated heterocycles. The summed E-state index contributed by atoms with van der Waals surface area (Å²) in [5.41, 5.74) is 12.8. The quantitative estimate of drug-likeness (QED) is 0.666. The first kappa shape index (κ1) is 21.9. The van der Waals surface area contributed by atoms with Gasteiger partial charge in [0.05, 0.1) is 29.8 Å². The lowest BCUT2D eigenvalue weighted by molar-refractivity contribution is -0.117. The van der Waals surface area contributed by atoms with Crippen LogP contribution in [0.4, 0.5) is 17.5 Å². The summed E-state index contributed by atoms with van der Waals surface area (Å²) in [4.78, 5) is 30.9. The Morgan fingerprint density at radius 1 is 1.26 bits per heavy atom. The first-order valence-electron chi connectivity index (χ1n) is 11.8. The zero-order valence-electron chi connectivity index (χ0n) is 19.1. The van der Waals surface area contributed by atoms with Crippen molar-refractivity contribution in [3.8, 4) is 5.75 Å². The molecule has 0 bridgehead atoms. The number of ether oxygens (including phenoxy) is 2. The van der Waals surface area contributed by atoms with E-state index >= 15 is 0 Å². The van der Waals surface area contributed by atoms with Crippen molar-refractivity contribution in [2.75, 3.05) is 41.8 Å². The van der Waals surface area contributed by atoms with Crippen LogP contribution in [0.5, 0.6) is 5.75 Å². The van der Waals surface area contributed by atoms with Crippen LogP contribution in [0.2, 0.25) is 0 Å². The number of nitrogens with two attached hydrogens (primary N) is 2. The molecule has 1 unspecified atom stereocenters. The number of anilines is 3. The smallest absolute Gasteiger partial charge is 0.228 e. The van der Waals surface area contributed by atoms with Gasteiger partial charge in [-0.15, -0.1) is 0 Å². The molecule has 1 amide bonds. The van der Waals surface area contributed by atoms with Gasteiger partial charge in [0.1, 0.15) is 17.5 Å². The van der Waals surface area contributed by atoms with Crippen LogP contribution in [0, 0.1) is 5.41 Å². The summed E-state index contributed by atoms with van der Waals surface area (Å²) in [5, 5.41) is 0.601. The monoisotopic (exact) mass is 483 g/mol. The molecular weight excluding hydrogens is 454 g/mol. The molecule has 4 aliphatic rings. The third-order valence-corrected chi connectivity index (χ3v) is 8.76. The number of nitrogen functional groups attached to an aromatic ring is 1. The van der Waals surface area contributed by atoms with Crippen LogP contribution in [-0.2, 0) is 9.53 Å². The van der Waals surface area contributed by atoms with Crippen LogP contribution in [0.1, 0.15) is 32.6 Å². The number of pyridine rings is 1. The van der Waals surface area contributed by atoms with E-state index in [-0.39, 0.29) is 29.5 Å². The van der Waals surface area contributed by atoms with E-state index in [4.69, 9.17) is 20.9 Å². The van der Waals surface area contributed by atoms with Crippen molar-refractivity contribution >= 4 is 35.1 Å². The van der Waals surface area contributed by atoms with Crippen molar-refractivity contribution in [1.29, 1.82) is 0 Å². The third kappa shape index (κ3) is 3.48. The maximum atomic E-state index is 12.4. The van der Waals surface area contributed by atoms with Crippen LogP contribution in [0.3, 0.4) is 0 Å². The molecule has 2 aromatic rings. The fourth-order valence-corrected chi connectivity index (χ4v) is 6.39. The number of amides is 1. The zero-order chi connectivity index (χ0) is 23.4. The molecule has 180 valence electrons. The van der Waals surface area contributed by atoms with Gasteiger partial charge in [0, 0.05) is 37.2 Å². The Morgan fingerprint density at radius 3 is 2.82 bits per heavy atom. The van der Waals surface area contributed by atoms with Crippen molar-refractivity contribution in [2.24, 2.45) is 11.1 Å². The molecule has 3 atom stereocenters. The Balaban J connectivity index is 1.18. The second-order valence-corrected chi connectivity index (χ2v) is 10.7. The molecule has 34 heavy (non-hydrogen) atoms. The number of hydrogen-bond acceptors (Lipinski definition) is 10. The molecule has 0 aromatic carbocycles. The number of rotatable bonds is 3. The van der Waals surface area contributed by atoms with Gasteiger partial charge in [-0.2, -0.15) is 0 Å². The Hall–Kier alpha value is -2.63. The maximum absolute atomic E-state index is 12.4. The number of piperidine rings is 1. The fourth-order valence-electron chi connectivity index (χ4n) is 5.55. The SMILES string of the molecule is C[C@@H]1OCC2(CCN(c3cnc(Sc4ccnc5c4OCC4CCC(=O)N54)c(N)n3)CC2)[C@@H]1N. The number of fused-ring (bicyclic) bond motifs is 3. The number of carbonyl (C=O) groups excluding carboxylic acids is 1. The van der Waals surface area contributed by atoms with Crippen LogP contribution >= 0.6 is 11.8 Å². The summed E-state index contributed by atoms with van der Waals surface area (Å²) in [7, 11) is 0. The highest BCUT2D eigenvalue weighted by molar-refractivity contribution is 7.99. The van der Waals surface area contributed by atoms with E-state index < -0.39 is 0 Å². The summed E-state index contributed by atoms with van der Waals surface area (Å²) in [6, 6.07) is 2.00. The summed E-state index contributed by atoms with van der Waals surface area (Å²) in [5.74, 6) is 2.42. The fraction of sp³-hybridized carbons (Fsp3) is 0.565. The molecule has 11 heteroatoms. The highest BCUT2D eigenvalue weighted by Crippen LogP contribution is 2.45. The number of hydrogen-bond donors (Lipinski definition) is 2. The van der Waals surface area contributed by atoms with E-state index in [0.29, 0.717) is 35.4 Å². The van der Waals surface area contributed by atoms with Crippen LogP contribution < -0.4 is 26.0 Å². The Kier molecular flexibility index (Phi) is 5.30. The summed E-state index contributed by atoms with van der Waals surface area (Å²) >= 11 is 1.38. The van der Waals surface area contributed by atoms with Gasteiger partial charge < -0.3 is 25.8 Å². The van der Waals surface area contributed by atoms with Crippen molar-refractivity contribution in [2.45, 2.75) is 60.7 Å². The lowest BCUT2D eigenvalue weighted by Crippen LogP contribution is -2.50. The van der Waals surface area contributed by atoms with Gasteiger partial charge >= 0.3 is 0 Å². The van der Waals surface area contributed by atoms with E-state index in [0.717, 1.165) is 49.7 Å². The van der Waals surface area contributed by atoms with Gasteiger partial charge in [0.2, 0.25) is 5.91 Å². The Morgan fingerprint density at radius 2 is 2.09 bits per heavy atom. The average Bonchev–Trinajstić information content (AvgIpc) is 3.36. The standard InChI is InChI=1S/C23H29N7O3S/c1-13-19(24)23(12-33-13)5-8-29(9-6-23)16-10-27-22(20(25)28-16)34-15-4-7-26-21-18(15)32-11-14-2-3-17(31)30(14)21/h4,7,10,13-14,19H,2-3,5-6,8-9,11-12,24H2,1H3,(H2,25,28)/t13-,14?,19+/m0/s1. The maximum Gasteiger partial charge on any atom is 0.228 e. The molecule has 3 fully saturated rings. The second kappa shape index (κ2) is 8.24. The van der Waals surface area contributed by atoms with Crippen molar-refractivity contribution in [1.82, 2.24) is 15.0 Å². The molecule has 6 heterocycles. The highest BCUT2D eigenvalue weighted by Gasteiger charge is 2.47. The summed E-state index contributed by atoms with van der Waals surface area (Å²) < 4.78 is 11.8. The molecule has 1 spiro atoms. The predicted molar refractivity (Wildman–Crippen MR) is 128 cm³/mol. The Bertz CT molecular complexity index is 1120. The Labute approximate surface area is 202 Å². The van der Waals surface area contributed by atoms with E-state index in [1.807, 2.05) is 6.07 Å². The summed E-state index contributed by atoms with van der Waals surface area (Å²) in [6.45, 7) is 4.96. The topological polar surface area (TPSA) is 133 Å². The van der Waals surface area contributed by atoms with Gasteiger partial charge in [-0.25, -0.2) is 15.0 Å². The minimum Gasteiger partial charge on any atom is -0.486 e. The van der Waals surface area contributed by atoms with Crippen LogP contribution in [0.25, 0.3) is 0 Å². The van der Waals surface area contributed by atoms with Gasteiger partial charge in [0.25, 0.3) is 0 Å². The highest BCUT2D eigenvalue weighted by atomic mass is 32.2. The van der Waals surface area contributed by atoms with E-state index in [1.165, 1.54) is 11.8 Å². The van der Waals surface area contributed by atoms with Crippen LogP contribution in [-0.4, -0.2) is 65.4 Å². The molecular formula is C23H29N7O3S. The lowest BCUT2D eigenvalue weighted by atomic mass is 9.73. The number of nitrogens with zero attached hydrogens (tertiary/aromatic N) is 5. The molecule has 4 N–H and O–H groups in total. The second-order valence-electron chi connectivity index (χ2n) is 9.64. The predicted octanol–water partition coefficient (Wildman–Crippen LogP) is 1.83. The van der Waals surface area contributed by atoms with E-state index in [1.54, 1.807) is 17.3 Å². The van der Waals surface area contributed by atoms with Gasteiger partial charge in [0.15, 0.2) is 17.4 Å². The molecule has 6 rings (SSSR count). The molecule has 0 radical (unpaired) electrons. The molecule has 2 aromatic heterocycles. The first-order chi connectivity index (χ1) is 16.4. The van der Waals surface area contributed by atoms with Gasteiger partial charge in [-0.1, -0.05) is 11.8 Å². The van der Waals surface area contributed by atoms with E-state index in [2.05, 4.69) is 26.8 Å². The largest absolute Gasteiger partial charge is 0.486 e. The third-order valence-electron chi connectivity index (χ3n) is 7.71. The van der Waals surface area contributed by atoms with Gasteiger partial charge in [-0.05, 0) is 32.3 Å². The molecule has 10 nitrogen and oxygen atoms in total. The van der Waals surface area contributed by atoms with Crippen molar-refractivity contribution < 1.29 is 14.3 Å². The zero-order valence-corrected chi connectivity index (χ0v) is 20.0. The molecule has 4 aliphatic heterocycles. The van der Waals surface area contributed by atoms with Crippen molar-refractivity contribution in [3.63, 3.8) is 0 Å². The molecule has 0 saturated carbocycles. The lowest BCUT2D eigenvalue weighted by Gasteiger charge is -2.41.